The highest BCUT2D eigenvalue weighted by Gasteiger charge is 2.25. The van der Waals surface area contributed by atoms with Gasteiger partial charge in [-0.15, -0.1) is 0 Å². The first-order chi connectivity index (χ1) is 6.77. The van der Waals surface area contributed by atoms with Gasteiger partial charge in [-0.25, -0.2) is 4.39 Å². The third-order valence-electron chi connectivity index (χ3n) is 2.71. The van der Waals surface area contributed by atoms with E-state index in [0.29, 0.717) is 12.0 Å². The van der Waals surface area contributed by atoms with E-state index in [2.05, 4.69) is 5.32 Å². The highest BCUT2D eigenvalue weighted by Crippen LogP contribution is 2.14. The van der Waals surface area contributed by atoms with Crippen LogP contribution in [0.4, 0.5) is 4.39 Å². The zero-order valence-electron chi connectivity index (χ0n) is 7.91. The third-order valence-corrected chi connectivity index (χ3v) is 2.71. The molecule has 76 valence electrons. The van der Waals surface area contributed by atoms with Crippen molar-refractivity contribution in [3.8, 4) is 0 Å². The molecule has 2 nitrogen and oxygen atoms in total. The number of aliphatic hydroxyl groups excluding tert-OH is 1. The van der Waals surface area contributed by atoms with Crippen molar-refractivity contribution < 1.29 is 9.50 Å². The summed E-state index contributed by atoms with van der Waals surface area (Å²) in [7, 11) is 0. The van der Waals surface area contributed by atoms with Gasteiger partial charge in [-0.3, -0.25) is 0 Å². The van der Waals surface area contributed by atoms with E-state index in [4.69, 9.17) is 0 Å². The Morgan fingerprint density at radius 3 is 2.79 bits per heavy atom. The fourth-order valence-electron chi connectivity index (χ4n) is 1.67. The van der Waals surface area contributed by atoms with E-state index >= 15 is 0 Å². The summed E-state index contributed by atoms with van der Waals surface area (Å²) in [6.45, 7) is 0.957. The Hall–Kier alpha value is -0.930. The molecule has 1 aliphatic rings. The maximum atomic E-state index is 13.2. The summed E-state index contributed by atoms with van der Waals surface area (Å²) < 4.78 is 13.2. The van der Waals surface area contributed by atoms with Crippen molar-refractivity contribution in [3.63, 3.8) is 0 Å². The standard InChI is InChI=1S/C11H14FNO/c12-9-4-2-1-3-8(9)7-11(14)10-5-6-13-10/h1-4,10-11,13-14H,5-7H2. The largest absolute Gasteiger partial charge is 0.391 e. The molecule has 0 aromatic heterocycles. The van der Waals surface area contributed by atoms with Crippen LogP contribution in [-0.2, 0) is 6.42 Å². The van der Waals surface area contributed by atoms with E-state index in [1.807, 2.05) is 0 Å². The summed E-state index contributed by atoms with van der Waals surface area (Å²) in [6, 6.07) is 6.74. The molecule has 1 aromatic rings. The van der Waals surface area contributed by atoms with E-state index in [-0.39, 0.29) is 11.9 Å². The second kappa shape index (κ2) is 4.07. The summed E-state index contributed by atoms with van der Waals surface area (Å²) in [6.07, 6.45) is 0.903. The molecule has 1 saturated heterocycles. The predicted molar refractivity (Wildman–Crippen MR) is 52.5 cm³/mol. The quantitative estimate of drug-likeness (QED) is 0.756. The summed E-state index contributed by atoms with van der Waals surface area (Å²) in [5, 5.41) is 12.8. The van der Waals surface area contributed by atoms with Gasteiger partial charge in [-0.1, -0.05) is 18.2 Å². The van der Waals surface area contributed by atoms with E-state index in [1.54, 1.807) is 18.2 Å². The van der Waals surface area contributed by atoms with Crippen LogP contribution >= 0.6 is 0 Å². The van der Waals surface area contributed by atoms with E-state index < -0.39 is 6.10 Å². The number of halogens is 1. The first-order valence-corrected chi connectivity index (χ1v) is 4.92. The van der Waals surface area contributed by atoms with Crippen LogP contribution in [0.15, 0.2) is 24.3 Å². The fraction of sp³-hybridized carbons (Fsp3) is 0.455. The van der Waals surface area contributed by atoms with Crippen LogP contribution in [-0.4, -0.2) is 23.8 Å². The molecule has 0 radical (unpaired) electrons. The molecule has 2 rings (SSSR count). The molecule has 1 heterocycles. The second-order valence-corrected chi connectivity index (χ2v) is 3.71. The highest BCUT2D eigenvalue weighted by atomic mass is 19.1. The molecule has 0 amide bonds. The Morgan fingerprint density at radius 1 is 1.50 bits per heavy atom. The average molecular weight is 195 g/mol. The minimum atomic E-state index is -0.472. The second-order valence-electron chi connectivity index (χ2n) is 3.71. The SMILES string of the molecule is OC(Cc1ccccc1F)C1CCN1. The van der Waals surface area contributed by atoms with E-state index in [1.165, 1.54) is 6.07 Å². The van der Waals surface area contributed by atoms with Gasteiger partial charge in [-0.2, -0.15) is 0 Å². The minimum absolute atomic E-state index is 0.148. The van der Waals surface area contributed by atoms with E-state index in [9.17, 15) is 9.50 Å². The number of rotatable bonds is 3. The molecule has 0 aliphatic carbocycles. The van der Waals surface area contributed by atoms with Crippen molar-refractivity contribution in [1.29, 1.82) is 0 Å². The summed E-state index contributed by atoms with van der Waals surface area (Å²) >= 11 is 0. The lowest BCUT2D eigenvalue weighted by atomic mass is 9.95. The maximum Gasteiger partial charge on any atom is 0.126 e. The van der Waals surface area contributed by atoms with Gasteiger partial charge >= 0.3 is 0 Å². The van der Waals surface area contributed by atoms with Gasteiger partial charge in [0.1, 0.15) is 5.82 Å². The summed E-state index contributed by atoms with van der Waals surface area (Å²) in [5.41, 5.74) is 0.591. The van der Waals surface area contributed by atoms with Crippen molar-refractivity contribution in [2.24, 2.45) is 0 Å². The van der Waals surface area contributed by atoms with Crippen molar-refractivity contribution in [2.75, 3.05) is 6.54 Å². The van der Waals surface area contributed by atoms with Crippen LogP contribution in [0.25, 0.3) is 0 Å². The van der Waals surface area contributed by atoms with Crippen molar-refractivity contribution in [3.05, 3.63) is 35.6 Å². The number of aliphatic hydroxyl groups is 1. The zero-order chi connectivity index (χ0) is 9.97. The van der Waals surface area contributed by atoms with Gasteiger partial charge in [0.15, 0.2) is 0 Å². The molecular formula is C11H14FNO. The van der Waals surface area contributed by atoms with Gasteiger partial charge in [-0.05, 0) is 24.6 Å². The lowest BCUT2D eigenvalue weighted by Crippen LogP contribution is -2.51. The Morgan fingerprint density at radius 2 is 2.21 bits per heavy atom. The van der Waals surface area contributed by atoms with Gasteiger partial charge in [0.2, 0.25) is 0 Å². The monoisotopic (exact) mass is 195 g/mol. The fourth-order valence-corrected chi connectivity index (χ4v) is 1.67. The Labute approximate surface area is 82.8 Å². The first kappa shape index (κ1) is 9.62. The molecule has 14 heavy (non-hydrogen) atoms. The molecule has 0 bridgehead atoms. The average Bonchev–Trinajstić information content (AvgIpc) is 2.05. The normalized spacial score (nSPS) is 22.9. The van der Waals surface area contributed by atoms with Crippen LogP contribution in [0, 0.1) is 5.82 Å². The van der Waals surface area contributed by atoms with Crippen LogP contribution in [0.2, 0.25) is 0 Å². The molecule has 1 aliphatic heterocycles. The summed E-state index contributed by atoms with van der Waals surface area (Å²) in [5.74, 6) is -0.231. The lowest BCUT2D eigenvalue weighted by molar-refractivity contribution is 0.0948. The number of nitrogens with one attached hydrogen (secondary N) is 1. The molecule has 1 aromatic carbocycles. The molecule has 1 fully saturated rings. The van der Waals surface area contributed by atoms with Crippen LogP contribution < -0.4 is 5.32 Å². The van der Waals surface area contributed by atoms with Gasteiger partial charge in [0.05, 0.1) is 6.10 Å². The van der Waals surface area contributed by atoms with Crippen LogP contribution in [0.1, 0.15) is 12.0 Å². The van der Waals surface area contributed by atoms with E-state index in [0.717, 1.165) is 13.0 Å². The number of hydrogen-bond acceptors (Lipinski definition) is 2. The highest BCUT2D eigenvalue weighted by molar-refractivity contribution is 5.18. The smallest absolute Gasteiger partial charge is 0.126 e. The topological polar surface area (TPSA) is 32.3 Å². The maximum absolute atomic E-state index is 13.2. The zero-order valence-corrected chi connectivity index (χ0v) is 7.91. The molecule has 0 saturated carbocycles. The summed E-state index contributed by atoms with van der Waals surface area (Å²) in [4.78, 5) is 0. The Kier molecular flexibility index (Phi) is 2.79. The van der Waals surface area contributed by atoms with Crippen LogP contribution in [0.5, 0.6) is 0 Å². The number of benzene rings is 1. The van der Waals surface area contributed by atoms with Crippen LogP contribution in [0.3, 0.4) is 0 Å². The molecule has 2 N–H and O–H groups in total. The molecule has 2 atom stereocenters. The minimum Gasteiger partial charge on any atom is -0.391 e. The first-order valence-electron chi connectivity index (χ1n) is 4.92. The van der Waals surface area contributed by atoms with Gasteiger partial charge in [0, 0.05) is 12.5 Å². The molecular weight excluding hydrogens is 181 g/mol. The number of hydrogen-bond donors (Lipinski definition) is 2. The Bertz CT molecular complexity index is 312. The predicted octanol–water partition coefficient (Wildman–Crippen LogP) is 1.09. The molecule has 2 unspecified atom stereocenters. The molecule has 0 spiro atoms. The molecule has 3 heteroatoms. The van der Waals surface area contributed by atoms with Gasteiger partial charge in [0.25, 0.3) is 0 Å². The van der Waals surface area contributed by atoms with Gasteiger partial charge < -0.3 is 10.4 Å². The third kappa shape index (κ3) is 1.94. The van der Waals surface area contributed by atoms with Crippen molar-refractivity contribution in [1.82, 2.24) is 5.32 Å². The lowest BCUT2D eigenvalue weighted by Gasteiger charge is -2.32. The van der Waals surface area contributed by atoms with Crippen molar-refractivity contribution in [2.45, 2.75) is 25.0 Å². The van der Waals surface area contributed by atoms with Crippen molar-refractivity contribution >= 4 is 0 Å². The Balaban J connectivity index is 1.99.